The molecular formula is C7H12NO. The topological polar surface area (TPSA) is 29.1 Å². The van der Waals surface area contributed by atoms with Crippen LogP contribution in [-0.4, -0.2) is 5.91 Å². The largest absolute Gasteiger partial charge is 0.351 e. The number of amides is 1. The minimum absolute atomic E-state index is 0.102. The summed E-state index contributed by atoms with van der Waals surface area (Å²) in [6.45, 7) is 5.56. The zero-order valence-corrected chi connectivity index (χ0v) is 6.12. The standard InChI is InChI=1S/C7H12NO/c1-5(2)6(3)7(9)8-4/h4H2,1-3H3,(H,8,9). The first kappa shape index (κ1) is 8.21. The van der Waals surface area contributed by atoms with Gasteiger partial charge >= 0.3 is 0 Å². The van der Waals surface area contributed by atoms with Crippen molar-refractivity contribution in [3.8, 4) is 0 Å². The summed E-state index contributed by atoms with van der Waals surface area (Å²) in [6.07, 6.45) is 0. The SMILES string of the molecule is [CH2]NC(=O)C(C)=C(C)C. The van der Waals surface area contributed by atoms with E-state index in [0.717, 1.165) is 11.1 Å². The van der Waals surface area contributed by atoms with Gasteiger partial charge in [-0.05, 0) is 20.8 Å². The van der Waals surface area contributed by atoms with Crippen molar-refractivity contribution in [2.75, 3.05) is 0 Å². The van der Waals surface area contributed by atoms with Gasteiger partial charge in [-0.1, -0.05) is 5.57 Å². The smallest absolute Gasteiger partial charge is 0.246 e. The van der Waals surface area contributed by atoms with E-state index in [1.54, 1.807) is 6.92 Å². The fraction of sp³-hybridized carbons (Fsp3) is 0.429. The van der Waals surface area contributed by atoms with Crippen molar-refractivity contribution < 1.29 is 4.79 Å². The number of allylic oxidation sites excluding steroid dienone is 1. The summed E-state index contributed by atoms with van der Waals surface area (Å²) in [5.41, 5.74) is 1.76. The first-order chi connectivity index (χ1) is 4.09. The van der Waals surface area contributed by atoms with Gasteiger partial charge in [0.1, 0.15) is 0 Å². The van der Waals surface area contributed by atoms with Crippen molar-refractivity contribution in [3.05, 3.63) is 18.2 Å². The zero-order chi connectivity index (χ0) is 7.44. The highest BCUT2D eigenvalue weighted by Crippen LogP contribution is 2.00. The van der Waals surface area contributed by atoms with Crippen molar-refractivity contribution in [1.29, 1.82) is 0 Å². The second-order valence-corrected chi connectivity index (χ2v) is 2.13. The number of hydrogen-bond donors (Lipinski definition) is 1. The van der Waals surface area contributed by atoms with E-state index in [9.17, 15) is 4.79 Å². The number of carbonyl (C=O) groups excluding carboxylic acids is 1. The summed E-state index contributed by atoms with van der Waals surface area (Å²) in [5.74, 6) is -0.102. The van der Waals surface area contributed by atoms with Crippen LogP contribution in [0.15, 0.2) is 11.1 Å². The molecule has 0 unspecified atom stereocenters. The van der Waals surface area contributed by atoms with Crippen LogP contribution in [0.3, 0.4) is 0 Å². The van der Waals surface area contributed by atoms with Crippen molar-refractivity contribution in [1.82, 2.24) is 5.32 Å². The second kappa shape index (κ2) is 3.28. The van der Waals surface area contributed by atoms with Crippen molar-refractivity contribution >= 4 is 5.91 Å². The molecule has 0 aromatic rings. The Bertz CT molecular complexity index is 143. The van der Waals surface area contributed by atoms with Gasteiger partial charge < -0.3 is 5.32 Å². The normalized spacial score (nSPS) is 8.44. The highest BCUT2D eigenvalue weighted by molar-refractivity contribution is 5.93. The maximum atomic E-state index is 10.7. The van der Waals surface area contributed by atoms with E-state index in [2.05, 4.69) is 12.4 Å². The maximum absolute atomic E-state index is 10.7. The summed E-state index contributed by atoms with van der Waals surface area (Å²) in [4.78, 5) is 10.7. The monoisotopic (exact) mass is 126 g/mol. The third kappa shape index (κ3) is 2.31. The van der Waals surface area contributed by atoms with Crippen LogP contribution in [-0.2, 0) is 4.79 Å². The fourth-order valence-electron chi connectivity index (χ4n) is 0.360. The molecule has 0 aromatic carbocycles. The van der Waals surface area contributed by atoms with Crippen LogP contribution in [0, 0.1) is 7.05 Å². The van der Waals surface area contributed by atoms with E-state index in [1.165, 1.54) is 0 Å². The fourth-order valence-corrected chi connectivity index (χ4v) is 0.360. The lowest BCUT2D eigenvalue weighted by atomic mass is 10.2. The lowest BCUT2D eigenvalue weighted by Crippen LogP contribution is -2.16. The zero-order valence-electron chi connectivity index (χ0n) is 6.12. The lowest BCUT2D eigenvalue weighted by molar-refractivity contribution is -0.116. The summed E-state index contributed by atoms with van der Waals surface area (Å²) in [7, 11) is 3.26. The van der Waals surface area contributed by atoms with E-state index >= 15 is 0 Å². The van der Waals surface area contributed by atoms with Crippen LogP contribution >= 0.6 is 0 Å². The number of carbonyl (C=O) groups is 1. The van der Waals surface area contributed by atoms with Gasteiger partial charge in [-0.25, -0.2) is 0 Å². The molecule has 2 nitrogen and oxygen atoms in total. The molecule has 0 bridgehead atoms. The molecule has 2 heteroatoms. The molecule has 0 aliphatic carbocycles. The minimum Gasteiger partial charge on any atom is -0.351 e. The van der Waals surface area contributed by atoms with E-state index < -0.39 is 0 Å². The van der Waals surface area contributed by atoms with Crippen LogP contribution in [0.2, 0.25) is 0 Å². The van der Waals surface area contributed by atoms with Gasteiger partial charge in [0.05, 0.1) is 0 Å². The molecule has 0 saturated carbocycles. The molecule has 0 atom stereocenters. The average Bonchev–Trinajstić information content (AvgIpc) is 1.84. The molecule has 0 aliphatic heterocycles. The summed E-state index contributed by atoms with van der Waals surface area (Å²) >= 11 is 0. The number of nitrogens with one attached hydrogen (secondary N) is 1. The van der Waals surface area contributed by atoms with Gasteiger partial charge in [0, 0.05) is 12.6 Å². The number of rotatable bonds is 1. The van der Waals surface area contributed by atoms with Gasteiger partial charge in [-0.3, -0.25) is 4.79 Å². The minimum atomic E-state index is -0.102. The summed E-state index contributed by atoms with van der Waals surface area (Å²) in [6, 6.07) is 0. The molecular weight excluding hydrogens is 114 g/mol. The predicted molar refractivity (Wildman–Crippen MR) is 37.5 cm³/mol. The Hall–Kier alpha value is -0.790. The van der Waals surface area contributed by atoms with Gasteiger partial charge in [0.2, 0.25) is 5.91 Å². The van der Waals surface area contributed by atoms with Gasteiger partial charge in [0.15, 0.2) is 0 Å². The van der Waals surface area contributed by atoms with Crippen LogP contribution < -0.4 is 5.32 Å². The van der Waals surface area contributed by atoms with E-state index in [-0.39, 0.29) is 5.91 Å². The molecule has 0 spiro atoms. The van der Waals surface area contributed by atoms with Gasteiger partial charge in [-0.2, -0.15) is 0 Å². The Morgan fingerprint density at radius 2 is 1.78 bits per heavy atom. The Morgan fingerprint density at radius 3 is 1.89 bits per heavy atom. The Morgan fingerprint density at radius 1 is 1.33 bits per heavy atom. The van der Waals surface area contributed by atoms with Gasteiger partial charge in [0.25, 0.3) is 0 Å². The van der Waals surface area contributed by atoms with Crippen LogP contribution in [0.5, 0.6) is 0 Å². The third-order valence-electron chi connectivity index (χ3n) is 1.25. The Balaban J connectivity index is 4.21. The molecule has 1 radical (unpaired) electrons. The molecule has 0 rings (SSSR count). The summed E-state index contributed by atoms with van der Waals surface area (Å²) in [5, 5.41) is 2.30. The quantitative estimate of drug-likeness (QED) is 0.526. The molecule has 0 fully saturated rings. The van der Waals surface area contributed by atoms with Gasteiger partial charge in [-0.15, -0.1) is 0 Å². The van der Waals surface area contributed by atoms with Crippen molar-refractivity contribution in [3.63, 3.8) is 0 Å². The first-order valence-electron chi connectivity index (χ1n) is 2.81. The second-order valence-electron chi connectivity index (χ2n) is 2.13. The Kier molecular flexibility index (Phi) is 2.99. The molecule has 1 N–H and O–H groups in total. The van der Waals surface area contributed by atoms with Crippen LogP contribution in [0.1, 0.15) is 20.8 Å². The first-order valence-corrected chi connectivity index (χ1v) is 2.81. The number of hydrogen-bond acceptors (Lipinski definition) is 1. The van der Waals surface area contributed by atoms with Crippen LogP contribution in [0.4, 0.5) is 0 Å². The van der Waals surface area contributed by atoms with E-state index in [4.69, 9.17) is 0 Å². The van der Waals surface area contributed by atoms with Crippen molar-refractivity contribution in [2.24, 2.45) is 0 Å². The molecule has 0 aromatic heterocycles. The van der Waals surface area contributed by atoms with Crippen LogP contribution in [0.25, 0.3) is 0 Å². The lowest BCUT2D eigenvalue weighted by Gasteiger charge is -1.99. The molecule has 0 aliphatic rings. The average molecular weight is 126 g/mol. The highest BCUT2D eigenvalue weighted by atomic mass is 16.1. The Labute approximate surface area is 56.0 Å². The van der Waals surface area contributed by atoms with Crippen molar-refractivity contribution in [2.45, 2.75) is 20.8 Å². The molecule has 0 heterocycles. The highest BCUT2D eigenvalue weighted by Gasteiger charge is 2.00. The predicted octanol–water partition coefficient (Wildman–Crippen LogP) is 1.25. The molecule has 1 amide bonds. The van der Waals surface area contributed by atoms with E-state index in [0.29, 0.717) is 0 Å². The summed E-state index contributed by atoms with van der Waals surface area (Å²) < 4.78 is 0. The third-order valence-corrected chi connectivity index (χ3v) is 1.25. The molecule has 0 saturated heterocycles. The maximum Gasteiger partial charge on any atom is 0.246 e. The molecule has 51 valence electrons. The van der Waals surface area contributed by atoms with E-state index in [1.807, 2.05) is 13.8 Å². The molecule has 9 heavy (non-hydrogen) atoms.